The largest absolute Gasteiger partial charge is 0.422 e. The summed E-state index contributed by atoms with van der Waals surface area (Å²) in [6.45, 7) is 2.79. The molecule has 0 fully saturated rings. The third kappa shape index (κ3) is 9.66. The molecular weight excluding hydrogens is 659 g/mol. The number of nitrogens with zero attached hydrogens (tertiary/aromatic N) is 1. The number of hydrogen-bond acceptors (Lipinski definition) is 12. The van der Waals surface area contributed by atoms with Crippen LogP contribution in [-0.4, -0.2) is 45.8 Å². The molecule has 0 saturated carbocycles. The molecule has 0 aliphatic heterocycles. The zero-order valence-corrected chi connectivity index (χ0v) is 27.2. The number of esters is 1. The van der Waals surface area contributed by atoms with Gasteiger partial charge in [-0.05, 0) is 48.6 Å². The maximum Gasteiger partial charge on any atom is 0.404 e. The lowest BCUT2D eigenvalue weighted by Crippen LogP contribution is -2.20. The van der Waals surface area contributed by atoms with Crippen molar-refractivity contribution in [3.8, 4) is 5.75 Å². The summed E-state index contributed by atoms with van der Waals surface area (Å²) in [4.78, 5) is 46.6. The van der Waals surface area contributed by atoms with E-state index in [0.717, 1.165) is 47.0 Å². The molecule has 3 rings (SSSR count). The van der Waals surface area contributed by atoms with E-state index in [-0.39, 0.29) is 43.4 Å². The lowest BCUT2D eigenvalue weighted by Gasteiger charge is -2.26. The number of alkyl halides is 2. The second-order valence-corrected chi connectivity index (χ2v) is 14.6. The number of halogens is 2. The molecule has 2 aromatic carbocycles. The average molecular weight is 690 g/mol. The Hall–Kier alpha value is -2.68. The summed E-state index contributed by atoms with van der Waals surface area (Å²) >= 11 is 2.76. The van der Waals surface area contributed by atoms with Crippen LogP contribution in [-0.2, 0) is 28.9 Å². The zero-order chi connectivity index (χ0) is 32.3. The maximum atomic E-state index is 15.9. The first-order chi connectivity index (χ1) is 20.9. The van der Waals surface area contributed by atoms with E-state index in [1.165, 1.54) is 36.4 Å². The molecule has 1 aromatic heterocycles. The fourth-order valence-electron chi connectivity index (χ4n) is 3.66. The van der Waals surface area contributed by atoms with Gasteiger partial charge in [-0.25, -0.2) is 4.79 Å². The topological polar surface area (TPSA) is 139 Å². The molecule has 0 saturated heterocycles. The van der Waals surface area contributed by atoms with Crippen molar-refractivity contribution in [1.82, 2.24) is 0 Å². The van der Waals surface area contributed by atoms with Gasteiger partial charge in [0.15, 0.2) is 10.2 Å². The number of non-ortho nitro benzene ring substituents is 1. The number of nitro benzene ring substituents is 1. The predicted molar refractivity (Wildman–Crippen MR) is 168 cm³/mol. The highest BCUT2D eigenvalue weighted by molar-refractivity contribution is 8.13. The Morgan fingerprint density at radius 1 is 0.932 bits per heavy atom. The van der Waals surface area contributed by atoms with Gasteiger partial charge in [0.2, 0.25) is 0 Å². The average Bonchev–Trinajstić information content (AvgIpc) is 3.42. The van der Waals surface area contributed by atoms with Gasteiger partial charge >= 0.3 is 19.2 Å². The van der Waals surface area contributed by atoms with Gasteiger partial charge in [0, 0.05) is 46.7 Å². The SMILES string of the molecule is CCCC(=O)SCCOP(=O)(OCCSC(=O)CCC)C(F)(F)c1ccc2sc(C(=O)Oc3ccc([N+](=O)[O-])cc3)cc2c1. The van der Waals surface area contributed by atoms with Crippen molar-refractivity contribution in [2.24, 2.45) is 0 Å². The minimum atomic E-state index is -5.16. The summed E-state index contributed by atoms with van der Waals surface area (Å²) in [6, 6.07) is 9.68. The second kappa shape index (κ2) is 16.6. The van der Waals surface area contributed by atoms with Crippen LogP contribution < -0.4 is 4.74 Å². The molecular formula is C28H30F2NO9PS3. The summed E-state index contributed by atoms with van der Waals surface area (Å²) in [5, 5.41) is 10.8. The smallest absolute Gasteiger partial charge is 0.404 e. The summed E-state index contributed by atoms with van der Waals surface area (Å²) in [6.07, 6.45) is 1.87. The minimum absolute atomic E-state index is 0.00417. The standard InChI is InChI=1S/C28H30F2NO9PS3/c1-3-5-25(32)42-15-13-38-41(37,39-14-16-43-26(33)6-4-2)28(29,30)20-7-12-23-19(17-20)18-24(44-23)27(34)40-22-10-8-21(9-11-22)31(35)36/h7-12,17-18H,3-6,13-16H2,1-2H3. The number of nitro groups is 1. The van der Waals surface area contributed by atoms with Crippen LogP contribution in [0, 0.1) is 10.1 Å². The fraction of sp³-hybridized carbons (Fsp3) is 0.393. The number of benzene rings is 2. The predicted octanol–water partition coefficient (Wildman–Crippen LogP) is 8.42. The Morgan fingerprint density at radius 3 is 2.02 bits per heavy atom. The number of carbonyl (C=O) groups excluding carboxylic acids is 3. The normalized spacial score (nSPS) is 11.9. The molecule has 0 N–H and O–H groups in total. The Morgan fingerprint density at radius 2 is 1.50 bits per heavy atom. The van der Waals surface area contributed by atoms with Crippen LogP contribution >= 0.6 is 42.5 Å². The number of ether oxygens (including phenoxy) is 1. The Labute approximate surface area is 264 Å². The van der Waals surface area contributed by atoms with Gasteiger partial charge in [-0.3, -0.25) is 24.3 Å². The van der Waals surface area contributed by atoms with Crippen LogP contribution in [0.1, 0.15) is 54.8 Å². The molecule has 0 spiro atoms. The van der Waals surface area contributed by atoms with Crippen LogP contribution in [0.15, 0.2) is 48.5 Å². The summed E-state index contributed by atoms with van der Waals surface area (Å²) in [5.41, 5.74) is -4.97. The first-order valence-electron chi connectivity index (χ1n) is 13.5. The molecule has 16 heteroatoms. The van der Waals surface area contributed by atoms with Crippen LogP contribution in [0.5, 0.6) is 5.75 Å². The van der Waals surface area contributed by atoms with Crippen LogP contribution in [0.2, 0.25) is 0 Å². The number of hydrogen-bond donors (Lipinski definition) is 0. The van der Waals surface area contributed by atoms with Crippen LogP contribution in [0.4, 0.5) is 14.5 Å². The van der Waals surface area contributed by atoms with Crippen molar-refractivity contribution in [2.45, 2.75) is 45.2 Å². The molecule has 44 heavy (non-hydrogen) atoms. The quantitative estimate of drug-likeness (QED) is 0.0337. The highest BCUT2D eigenvalue weighted by Gasteiger charge is 2.55. The van der Waals surface area contributed by atoms with Gasteiger partial charge in [0.05, 0.1) is 18.1 Å². The first kappa shape index (κ1) is 35.8. The second-order valence-electron chi connectivity index (χ2n) is 9.15. The van der Waals surface area contributed by atoms with Gasteiger partial charge in [0.1, 0.15) is 10.6 Å². The summed E-state index contributed by atoms with van der Waals surface area (Å²) < 4.78 is 61.5. The van der Waals surface area contributed by atoms with Crippen molar-refractivity contribution in [2.75, 3.05) is 24.7 Å². The van der Waals surface area contributed by atoms with Crippen molar-refractivity contribution >= 4 is 74.4 Å². The van der Waals surface area contributed by atoms with Gasteiger partial charge < -0.3 is 13.8 Å². The Balaban J connectivity index is 1.79. The van der Waals surface area contributed by atoms with E-state index in [2.05, 4.69) is 0 Å². The number of rotatable bonds is 17. The number of thiophene rings is 1. The van der Waals surface area contributed by atoms with Crippen molar-refractivity contribution in [3.63, 3.8) is 0 Å². The minimum Gasteiger partial charge on any atom is -0.422 e. The number of carbonyl (C=O) groups is 3. The molecule has 0 radical (unpaired) electrons. The van der Waals surface area contributed by atoms with Gasteiger partial charge in [0.25, 0.3) is 5.69 Å². The molecule has 0 unspecified atom stereocenters. The Kier molecular flexibility index (Phi) is 13.5. The lowest BCUT2D eigenvalue weighted by atomic mass is 10.1. The third-order valence-corrected chi connectivity index (χ3v) is 10.7. The molecule has 0 atom stereocenters. The van der Waals surface area contributed by atoms with Crippen molar-refractivity contribution in [3.05, 3.63) is 69.1 Å². The van der Waals surface area contributed by atoms with E-state index in [1.54, 1.807) is 0 Å². The molecule has 0 aliphatic carbocycles. The molecule has 1 heterocycles. The van der Waals surface area contributed by atoms with E-state index >= 15 is 8.78 Å². The number of thioether (sulfide) groups is 2. The monoisotopic (exact) mass is 689 g/mol. The van der Waals surface area contributed by atoms with Gasteiger partial charge in [-0.1, -0.05) is 43.4 Å². The van der Waals surface area contributed by atoms with Crippen molar-refractivity contribution in [1.29, 1.82) is 0 Å². The van der Waals surface area contributed by atoms with Crippen LogP contribution in [0.3, 0.4) is 0 Å². The van der Waals surface area contributed by atoms with E-state index in [9.17, 15) is 29.1 Å². The summed E-state index contributed by atoms with van der Waals surface area (Å²) in [5.74, 6) is -0.744. The lowest BCUT2D eigenvalue weighted by molar-refractivity contribution is -0.384. The van der Waals surface area contributed by atoms with E-state index in [4.69, 9.17) is 13.8 Å². The molecule has 0 amide bonds. The van der Waals surface area contributed by atoms with E-state index in [0.29, 0.717) is 30.4 Å². The third-order valence-electron chi connectivity index (χ3n) is 5.79. The van der Waals surface area contributed by atoms with Gasteiger partial charge in [-0.15, -0.1) is 11.3 Å². The zero-order valence-electron chi connectivity index (χ0n) is 23.8. The van der Waals surface area contributed by atoms with E-state index < -0.39 is 42.9 Å². The summed E-state index contributed by atoms with van der Waals surface area (Å²) in [7, 11) is -5.16. The molecule has 0 bridgehead atoms. The fourth-order valence-corrected chi connectivity index (χ4v) is 7.83. The first-order valence-corrected chi connectivity index (χ1v) is 17.8. The maximum absolute atomic E-state index is 15.9. The molecule has 10 nitrogen and oxygen atoms in total. The molecule has 0 aliphatic rings. The van der Waals surface area contributed by atoms with Crippen LogP contribution in [0.25, 0.3) is 10.1 Å². The van der Waals surface area contributed by atoms with Gasteiger partial charge in [-0.2, -0.15) is 8.78 Å². The molecule has 238 valence electrons. The highest BCUT2D eigenvalue weighted by Crippen LogP contribution is 2.67. The van der Waals surface area contributed by atoms with E-state index in [1.807, 2.05) is 13.8 Å². The highest BCUT2D eigenvalue weighted by atomic mass is 32.2. The Bertz CT molecular complexity index is 1500. The van der Waals surface area contributed by atoms with Crippen molar-refractivity contribution < 1.29 is 46.4 Å². The number of fused-ring (bicyclic) bond motifs is 1. The molecule has 3 aromatic rings.